The second-order valence-corrected chi connectivity index (χ2v) is 6.80. The van der Waals surface area contributed by atoms with Crippen LogP contribution in [0.25, 0.3) is 17.1 Å². The molecule has 2 aromatic carbocycles. The quantitative estimate of drug-likeness (QED) is 0.459. The Kier molecular flexibility index (Phi) is 6.11. The van der Waals surface area contributed by atoms with Gasteiger partial charge >= 0.3 is 0 Å². The maximum atomic E-state index is 5.98. The van der Waals surface area contributed by atoms with E-state index in [0.29, 0.717) is 0 Å². The van der Waals surface area contributed by atoms with Crippen molar-refractivity contribution in [2.45, 2.75) is 46.5 Å². The van der Waals surface area contributed by atoms with Crippen LogP contribution in [-0.4, -0.2) is 16.2 Å². The maximum absolute atomic E-state index is 5.98. The number of aryl methyl sites for hydroxylation is 2. The van der Waals surface area contributed by atoms with Gasteiger partial charge in [-0.15, -0.1) is 0 Å². The molecule has 3 rings (SSSR count). The van der Waals surface area contributed by atoms with Gasteiger partial charge in [-0.05, 0) is 43.5 Å². The molecule has 0 aliphatic heterocycles. The van der Waals surface area contributed by atoms with Crippen molar-refractivity contribution in [2.75, 3.05) is 6.61 Å². The number of ether oxygens (including phenoxy) is 1. The highest BCUT2D eigenvalue weighted by Gasteiger charge is 2.13. The molecule has 0 fully saturated rings. The summed E-state index contributed by atoms with van der Waals surface area (Å²) < 4.78 is 8.15. The second-order valence-electron chi connectivity index (χ2n) is 6.80. The molecular weight excluding hydrogens is 320 g/mol. The Morgan fingerprint density at radius 2 is 1.69 bits per heavy atom. The topological polar surface area (TPSA) is 27.1 Å². The van der Waals surface area contributed by atoms with Crippen LogP contribution in [0.4, 0.5) is 0 Å². The van der Waals surface area contributed by atoms with Gasteiger partial charge in [-0.2, -0.15) is 0 Å². The van der Waals surface area contributed by atoms with Gasteiger partial charge in [0, 0.05) is 18.0 Å². The monoisotopic (exact) mass is 348 g/mol. The van der Waals surface area contributed by atoms with Gasteiger partial charge in [-0.1, -0.05) is 56.5 Å². The Labute approximate surface area is 156 Å². The minimum Gasteiger partial charge on any atom is -0.494 e. The highest BCUT2D eigenvalue weighted by atomic mass is 16.5. The third kappa shape index (κ3) is 4.16. The van der Waals surface area contributed by atoms with Crippen molar-refractivity contribution >= 4 is 0 Å². The fraction of sp³-hybridized carbons (Fsp3) is 0.348. The maximum Gasteiger partial charge on any atom is 0.144 e. The summed E-state index contributed by atoms with van der Waals surface area (Å²) in [6.07, 6.45) is 8.78. The van der Waals surface area contributed by atoms with Gasteiger partial charge < -0.3 is 4.74 Å². The summed E-state index contributed by atoms with van der Waals surface area (Å²) in [5.74, 6) is 1.92. The Bertz CT molecular complexity index is 813. The molecule has 0 bridgehead atoms. The molecule has 3 aromatic rings. The number of rotatable bonds is 8. The predicted molar refractivity (Wildman–Crippen MR) is 108 cm³/mol. The lowest BCUT2D eigenvalue weighted by Crippen LogP contribution is -2.04. The predicted octanol–water partition coefficient (Wildman–Crippen LogP) is 6.12. The smallest absolute Gasteiger partial charge is 0.144 e. The van der Waals surface area contributed by atoms with Crippen LogP contribution in [0.2, 0.25) is 0 Å². The molecular formula is C23H28N2O. The van der Waals surface area contributed by atoms with Gasteiger partial charge in [-0.3, -0.25) is 4.57 Å². The molecule has 0 radical (unpaired) electrons. The van der Waals surface area contributed by atoms with Crippen LogP contribution >= 0.6 is 0 Å². The van der Waals surface area contributed by atoms with Crippen LogP contribution in [0.15, 0.2) is 54.9 Å². The molecule has 1 aromatic heterocycles. The summed E-state index contributed by atoms with van der Waals surface area (Å²) >= 11 is 0. The van der Waals surface area contributed by atoms with Crippen LogP contribution in [0.1, 0.15) is 43.7 Å². The van der Waals surface area contributed by atoms with E-state index in [-0.39, 0.29) is 0 Å². The highest BCUT2D eigenvalue weighted by Crippen LogP contribution is 2.29. The molecule has 0 N–H and O–H groups in total. The van der Waals surface area contributed by atoms with Crippen molar-refractivity contribution < 1.29 is 4.74 Å². The van der Waals surface area contributed by atoms with Crippen LogP contribution in [0, 0.1) is 13.8 Å². The first-order valence-electron chi connectivity index (χ1n) is 9.54. The van der Waals surface area contributed by atoms with Crippen molar-refractivity contribution in [3.05, 3.63) is 66.0 Å². The van der Waals surface area contributed by atoms with Gasteiger partial charge in [0.25, 0.3) is 0 Å². The van der Waals surface area contributed by atoms with Crippen molar-refractivity contribution in [1.82, 2.24) is 9.55 Å². The van der Waals surface area contributed by atoms with Crippen molar-refractivity contribution in [2.24, 2.45) is 0 Å². The SMILES string of the molecule is CCCCCCOc1cc(C)c(-n2ccnc2-c2ccccc2)c(C)c1. The average Bonchev–Trinajstić information content (AvgIpc) is 3.11. The lowest BCUT2D eigenvalue weighted by Gasteiger charge is -2.16. The van der Waals surface area contributed by atoms with E-state index in [1.54, 1.807) is 0 Å². The number of benzene rings is 2. The number of unbranched alkanes of at least 4 members (excludes halogenated alkanes) is 3. The summed E-state index contributed by atoms with van der Waals surface area (Å²) in [7, 11) is 0. The van der Waals surface area contributed by atoms with Gasteiger partial charge in [0.2, 0.25) is 0 Å². The number of nitrogens with zero attached hydrogens (tertiary/aromatic N) is 2. The normalized spacial score (nSPS) is 10.9. The van der Waals surface area contributed by atoms with E-state index >= 15 is 0 Å². The second kappa shape index (κ2) is 8.70. The molecule has 0 saturated heterocycles. The van der Waals surface area contributed by atoms with Crippen LogP contribution in [-0.2, 0) is 0 Å². The Morgan fingerprint density at radius 3 is 2.38 bits per heavy atom. The summed E-state index contributed by atoms with van der Waals surface area (Å²) in [5, 5.41) is 0. The first-order chi connectivity index (χ1) is 12.7. The fourth-order valence-corrected chi connectivity index (χ4v) is 3.38. The van der Waals surface area contributed by atoms with E-state index in [1.165, 1.54) is 36.1 Å². The zero-order valence-corrected chi connectivity index (χ0v) is 16.0. The Balaban J connectivity index is 1.83. The first kappa shape index (κ1) is 18.2. The molecule has 26 heavy (non-hydrogen) atoms. The van der Waals surface area contributed by atoms with E-state index in [1.807, 2.05) is 30.6 Å². The van der Waals surface area contributed by atoms with Crippen LogP contribution < -0.4 is 4.74 Å². The van der Waals surface area contributed by atoms with E-state index in [4.69, 9.17) is 4.74 Å². The van der Waals surface area contributed by atoms with Gasteiger partial charge in [0.15, 0.2) is 0 Å². The number of hydrogen-bond donors (Lipinski definition) is 0. The van der Waals surface area contributed by atoms with Gasteiger partial charge in [0.05, 0.1) is 12.3 Å². The molecule has 0 saturated carbocycles. The first-order valence-corrected chi connectivity index (χ1v) is 9.54. The number of imidazole rings is 1. The fourth-order valence-electron chi connectivity index (χ4n) is 3.38. The van der Waals surface area contributed by atoms with Gasteiger partial charge in [-0.25, -0.2) is 4.98 Å². The van der Waals surface area contributed by atoms with E-state index in [9.17, 15) is 0 Å². The van der Waals surface area contributed by atoms with Gasteiger partial charge in [0.1, 0.15) is 11.6 Å². The molecule has 0 unspecified atom stereocenters. The van der Waals surface area contributed by atoms with Crippen molar-refractivity contribution in [3.63, 3.8) is 0 Å². The van der Waals surface area contributed by atoms with E-state index in [0.717, 1.165) is 30.2 Å². The minimum atomic E-state index is 0.790. The molecule has 3 nitrogen and oxygen atoms in total. The van der Waals surface area contributed by atoms with E-state index in [2.05, 4.69) is 54.6 Å². The molecule has 1 heterocycles. The number of hydrogen-bond acceptors (Lipinski definition) is 2. The van der Waals surface area contributed by atoms with Crippen molar-refractivity contribution in [1.29, 1.82) is 0 Å². The largest absolute Gasteiger partial charge is 0.494 e. The lowest BCUT2D eigenvalue weighted by molar-refractivity contribution is 0.304. The Hall–Kier alpha value is -2.55. The molecule has 136 valence electrons. The standard InChI is InChI=1S/C23H28N2O/c1-4-5-6-10-15-26-21-16-18(2)22(19(3)17-21)25-14-13-24-23(25)20-11-8-7-9-12-20/h7-9,11-14,16-17H,4-6,10,15H2,1-3H3. The number of aromatic nitrogens is 2. The molecule has 3 heteroatoms. The zero-order chi connectivity index (χ0) is 18.4. The summed E-state index contributed by atoms with van der Waals surface area (Å²) in [5.41, 5.74) is 4.69. The molecule has 0 spiro atoms. The lowest BCUT2D eigenvalue weighted by atomic mass is 10.1. The van der Waals surface area contributed by atoms with Crippen molar-refractivity contribution in [3.8, 4) is 22.8 Å². The summed E-state index contributed by atoms with van der Waals surface area (Å²) in [6.45, 7) is 7.30. The molecule has 0 aliphatic carbocycles. The zero-order valence-electron chi connectivity index (χ0n) is 16.0. The molecule has 0 amide bonds. The minimum absolute atomic E-state index is 0.790. The molecule has 0 aliphatic rings. The summed E-state index contributed by atoms with van der Waals surface area (Å²) in [6, 6.07) is 14.6. The average molecular weight is 348 g/mol. The highest BCUT2D eigenvalue weighted by molar-refractivity contribution is 5.62. The third-order valence-corrected chi connectivity index (χ3v) is 4.64. The Morgan fingerprint density at radius 1 is 0.962 bits per heavy atom. The third-order valence-electron chi connectivity index (χ3n) is 4.64. The van der Waals surface area contributed by atoms with Crippen LogP contribution in [0.5, 0.6) is 5.75 Å². The summed E-state index contributed by atoms with van der Waals surface area (Å²) in [4.78, 5) is 4.58. The van der Waals surface area contributed by atoms with Crippen LogP contribution in [0.3, 0.4) is 0 Å². The molecule has 0 atom stereocenters. The van der Waals surface area contributed by atoms with E-state index < -0.39 is 0 Å².